The van der Waals surface area contributed by atoms with Crippen molar-refractivity contribution in [1.82, 2.24) is 9.78 Å². The highest BCUT2D eigenvalue weighted by molar-refractivity contribution is 9.10. The van der Waals surface area contributed by atoms with Crippen molar-refractivity contribution in [3.8, 4) is 0 Å². The quantitative estimate of drug-likeness (QED) is 0.839. The number of rotatable bonds is 2. The molecule has 1 heterocycles. The Morgan fingerprint density at radius 1 is 1.60 bits per heavy atom. The van der Waals surface area contributed by atoms with Crippen molar-refractivity contribution >= 4 is 32.6 Å². The number of carbonyl (C=O) groups is 1. The lowest BCUT2D eigenvalue weighted by Gasteiger charge is -1.99. The Morgan fingerprint density at radius 3 is 3.00 bits per heavy atom. The fourth-order valence-corrected chi connectivity index (χ4v) is 2.08. The molecule has 0 aliphatic carbocycles. The molecule has 1 aromatic carbocycles. The van der Waals surface area contributed by atoms with Gasteiger partial charge in [-0.1, -0.05) is 6.07 Å². The van der Waals surface area contributed by atoms with Crippen molar-refractivity contribution in [2.75, 3.05) is 6.54 Å². The third-order valence-corrected chi connectivity index (χ3v) is 2.90. The number of Topliss-reactive ketones (excluding diaryl/α,β-unsaturated/α-hetero) is 1. The molecular formula is C10H10BrN3O. The molecule has 78 valence electrons. The predicted octanol–water partition coefficient (Wildman–Crippen LogP) is 1.48. The predicted molar refractivity (Wildman–Crippen MR) is 61.8 cm³/mol. The number of fused-ring (bicyclic) bond motifs is 1. The molecule has 1 aromatic heterocycles. The zero-order valence-corrected chi connectivity index (χ0v) is 9.78. The Balaban J connectivity index is 2.65. The summed E-state index contributed by atoms with van der Waals surface area (Å²) in [6.45, 7) is 0.0323. The molecular weight excluding hydrogens is 258 g/mol. The molecule has 0 radical (unpaired) electrons. The van der Waals surface area contributed by atoms with Crippen LogP contribution in [0.3, 0.4) is 0 Å². The molecule has 5 heteroatoms. The SMILES string of the molecule is Cn1nc(Br)c2ccc(C(=O)CN)cc21. The lowest BCUT2D eigenvalue weighted by Crippen LogP contribution is -2.13. The second-order valence-electron chi connectivity index (χ2n) is 3.27. The van der Waals surface area contributed by atoms with Crippen LogP contribution >= 0.6 is 15.9 Å². The van der Waals surface area contributed by atoms with Gasteiger partial charge in [0.15, 0.2) is 5.78 Å². The van der Waals surface area contributed by atoms with Gasteiger partial charge in [0, 0.05) is 18.0 Å². The minimum atomic E-state index is -0.0609. The first kappa shape index (κ1) is 10.3. The van der Waals surface area contributed by atoms with Gasteiger partial charge in [-0.15, -0.1) is 0 Å². The van der Waals surface area contributed by atoms with Crippen LogP contribution in [0.25, 0.3) is 10.9 Å². The van der Waals surface area contributed by atoms with Gasteiger partial charge in [0.25, 0.3) is 0 Å². The van der Waals surface area contributed by atoms with Crippen LogP contribution in [-0.2, 0) is 7.05 Å². The van der Waals surface area contributed by atoms with E-state index in [1.807, 2.05) is 19.2 Å². The fraction of sp³-hybridized carbons (Fsp3) is 0.200. The maximum absolute atomic E-state index is 11.4. The van der Waals surface area contributed by atoms with Crippen LogP contribution in [-0.4, -0.2) is 22.1 Å². The highest BCUT2D eigenvalue weighted by Gasteiger charge is 2.09. The molecule has 0 fully saturated rings. The van der Waals surface area contributed by atoms with Crippen LogP contribution in [0.4, 0.5) is 0 Å². The number of carbonyl (C=O) groups excluding carboxylic acids is 1. The molecule has 0 amide bonds. The van der Waals surface area contributed by atoms with Crippen LogP contribution in [0.5, 0.6) is 0 Å². The largest absolute Gasteiger partial charge is 0.324 e. The summed E-state index contributed by atoms with van der Waals surface area (Å²) in [5.41, 5.74) is 6.85. The van der Waals surface area contributed by atoms with Gasteiger partial charge in [-0.3, -0.25) is 9.48 Å². The maximum Gasteiger partial charge on any atom is 0.176 e. The van der Waals surface area contributed by atoms with E-state index in [1.54, 1.807) is 10.7 Å². The van der Waals surface area contributed by atoms with E-state index in [2.05, 4.69) is 21.0 Å². The van der Waals surface area contributed by atoms with E-state index < -0.39 is 0 Å². The van der Waals surface area contributed by atoms with E-state index >= 15 is 0 Å². The second kappa shape index (κ2) is 3.75. The molecule has 0 spiro atoms. The molecule has 0 atom stereocenters. The van der Waals surface area contributed by atoms with Crippen LogP contribution in [0.1, 0.15) is 10.4 Å². The molecule has 4 nitrogen and oxygen atoms in total. The van der Waals surface area contributed by atoms with Gasteiger partial charge < -0.3 is 5.73 Å². The molecule has 0 bridgehead atoms. The summed E-state index contributed by atoms with van der Waals surface area (Å²) >= 11 is 3.35. The first-order chi connectivity index (χ1) is 7.13. The molecule has 2 N–H and O–H groups in total. The topological polar surface area (TPSA) is 60.9 Å². The summed E-state index contributed by atoms with van der Waals surface area (Å²) in [5, 5.41) is 5.20. The number of nitrogens with zero attached hydrogens (tertiary/aromatic N) is 2. The van der Waals surface area contributed by atoms with Gasteiger partial charge in [-0.05, 0) is 28.1 Å². The van der Waals surface area contributed by atoms with E-state index in [0.717, 1.165) is 15.5 Å². The lowest BCUT2D eigenvalue weighted by molar-refractivity contribution is 0.100. The molecule has 0 unspecified atom stereocenters. The average Bonchev–Trinajstić information content (AvgIpc) is 2.53. The maximum atomic E-state index is 11.4. The minimum absolute atomic E-state index is 0.0323. The number of halogens is 1. The number of nitrogens with two attached hydrogens (primary N) is 1. The summed E-state index contributed by atoms with van der Waals surface area (Å²) in [6, 6.07) is 5.45. The van der Waals surface area contributed by atoms with Crippen LogP contribution in [0.2, 0.25) is 0 Å². The van der Waals surface area contributed by atoms with Gasteiger partial charge in [0.05, 0.1) is 12.1 Å². The summed E-state index contributed by atoms with van der Waals surface area (Å²) < 4.78 is 2.51. The molecule has 0 saturated heterocycles. The van der Waals surface area contributed by atoms with Crippen molar-refractivity contribution in [3.05, 3.63) is 28.4 Å². The van der Waals surface area contributed by atoms with Crippen molar-refractivity contribution in [2.24, 2.45) is 12.8 Å². The third-order valence-electron chi connectivity index (χ3n) is 2.31. The first-order valence-corrected chi connectivity index (χ1v) is 5.28. The van der Waals surface area contributed by atoms with Crippen LogP contribution < -0.4 is 5.73 Å². The number of aromatic nitrogens is 2. The number of ketones is 1. The van der Waals surface area contributed by atoms with Gasteiger partial charge in [0.2, 0.25) is 0 Å². The van der Waals surface area contributed by atoms with E-state index in [-0.39, 0.29) is 12.3 Å². The van der Waals surface area contributed by atoms with E-state index in [1.165, 1.54) is 0 Å². The van der Waals surface area contributed by atoms with Crippen molar-refractivity contribution in [1.29, 1.82) is 0 Å². The minimum Gasteiger partial charge on any atom is -0.324 e. The summed E-state index contributed by atoms with van der Waals surface area (Å²) in [7, 11) is 1.84. The van der Waals surface area contributed by atoms with Crippen LogP contribution in [0.15, 0.2) is 22.8 Å². The average molecular weight is 268 g/mol. The number of benzene rings is 1. The molecule has 2 aromatic rings. The van der Waals surface area contributed by atoms with Gasteiger partial charge in [0.1, 0.15) is 4.60 Å². The van der Waals surface area contributed by atoms with Crippen molar-refractivity contribution in [2.45, 2.75) is 0 Å². The van der Waals surface area contributed by atoms with Gasteiger partial charge in [-0.25, -0.2) is 0 Å². The highest BCUT2D eigenvalue weighted by atomic mass is 79.9. The molecule has 2 rings (SSSR count). The Labute approximate surface area is 95.2 Å². The standard InChI is InChI=1S/C10H10BrN3O/c1-14-8-4-6(9(15)5-12)2-3-7(8)10(11)13-14/h2-4H,5,12H2,1H3. The van der Waals surface area contributed by atoms with E-state index in [9.17, 15) is 4.79 Å². The molecule has 0 aliphatic heterocycles. The monoisotopic (exact) mass is 267 g/mol. The van der Waals surface area contributed by atoms with Crippen molar-refractivity contribution < 1.29 is 4.79 Å². The molecule has 0 saturated carbocycles. The Morgan fingerprint density at radius 2 is 2.33 bits per heavy atom. The lowest BCUT2D eigenvalue weighted by atomic mass is 10.1. The Kier molecular flexibility index (Phi) is 2.58. The number of hydrogen-bond acceptors (Lipinski definition) is 3. The second-order valence-corrected chi connectivity index (χ2v) is 4.02. The zero-order valence-electron chi connectivity index (χ0n) is 8.20. The summed E-state index contributed by atoms with van der Waals surface area (Å²) in [4.78, 5) is 11.4. The number of hydrogen-bond donors (Lipinski definition) is 1. The number of aryl methyl sites for hydroxylation is 1. The van der Waals surface area contributed by atoms with Crippen LogP contribution in [0, 0.1) is 0 Å². The van der Waals surface area contributed by atoms with Gasteiger partial charge in [-0.2, -0.15) is 5.10 Å². The zero-order chi connectivity index (χ0) is 11.0. The Hall–Kier alpha value is -1.20. The highest BCUT2D eigenvalue weighted by Crippen LogP contribution is 2.23. The first-order valence-electron chi connectivity index (χ1n) is 4.49. The van der Waals surface area contributed by atoms with E-state index in [0.29, 0.717) is 5.56 Å². The van der Waals surface area contributed by atoms with E-state index in [4.69, 9.17) is 5.73 Å². The molecule has 15 heavy (non-hydrogen) atoms. The summed E-state index contributed by atoms with van der Waals surface area (Å²) in [5.74, 6) is -0.0609. The fourth-order valence-electron chi connectivity index (χ4n) is 1.50. The van der Waals surface area contributed by atoms with Gasteiger partial charge >= 0.3 is 0 Å². The Bertz CT molecular complexity index is 533. The third kappa shape index (κ3) is 1.68. The normalized spacial score (nSPS) is 10.9. The smallest absolute Gasteiger partial charge is 0.176 e. The van der Waals surface area contributed by atoms with Crippen molar-refractivity contribution in [3.63, 3.8) is 0 Å². The molecule has 0 aliphatic rings. The summed E-state index contributed by atoms with van der Waals surface area (Å²) in [6.07, 6.45) is 0.